The lowest BCUT2D eigenvalue weighted by atomic mass is 9.87. The standard InChI is InChI=1S/C17H20N2O3/c1-11-14(16(20)21)9-18-15(19-11)10-22-13-7-5-12(6-8-13)17(2,3)4/h5-9H,10H2,1-4H3,(H,20,21). The van der Waals surface area contributed by atoms with Crippen LogP contribution in [0.25, 0.3) is 0 Å². The van der Waals surface area contributed by atoms with E-state index in [0.717, 1.165) is 5.75 Å². The summed E-state index contributed by atoms with van der Waals surface area (Å²) in [5.41, 5.74) is 1.88. The number of carboxylic acid groups (broad SMARTS) is 1. The molecule has 5 nitrogen and oxygen atoms in total. The molecule has 0 aliphatic carbocycles. The molecule has 5 heteroatoms. The molecule has 0 aliphatic heterocycles. The van der Waals surface area contributed by atoms with E-state index < -0.39 is 5.97 Å². The first-order valence-electron chi connectivity index (χ1n) is 7.06. The van der Waals surface area contributed by atoms with E-state index in [0.29, 0.717) is 11.5 Å². The summed E-state index contributed by atoms with van der Waals surface area (Å²) in [6.45, 7) is 8.32. The van der Waals surface area contributed by atoms with Gasteiger partial charge in [0.25, 0.3) is 0 Å². The second kappa shape index (κ2) is 6.13. The minimum absolute atomic E-state index is 0.103. The fraction of sp³-hybridized carbons (Fsp3) is 0.353. The van der Waals surface area contributed by atoms with Crippen LogP contribution in [0.2, 0.25) is 0 Å². The van der Waals surface area contributed by atoms with Crippen molar-refractivity contribution in [3.63, 3.8) is 0 Å². The number of hydrogen-bond acceptors (Lipinski definition) is 4. The van der Waals surface area contributed by atoms with Gasteiger partial charge in [0.15, 0.2) is 5.82 Å². The van der Waals surface area contributed by atoms with Gasteiger partial charge in [-0.25, -0.2) is 14.8 Å². The highest BCUT2D eigenvalue weighted by molar-refractivity contribution is 5.88. The molecular weight excluding hydrogens is 280 g/mol. The summed E-state index contributed by atoms with van der Waals surface area (Å²) >= 11 is 0. The molecule has 22 heavy (non-hydrogen) atoms. The lowest BCUT2D eigenvalue weighted by Gasteiger charge is -2.19. The molecule has 2 rings (SSSR count). The first-order valence-corrected chi connectivity index (χ1v) is 7.06. The van der Waals surface area contributed by atoms with E-state index in [1.54, 1.807) is 6.92 Å². The van der Waals surface area contributed by atoms with Crippen LogP contribution in [-0.4, -0.2) is 21.0 Å². The highest BCUT2D eigenvalue weighted by Gasteiger charge is 2.13. The monoisotopic (exact) mass is 300 g/mol. The van der Waals surface area contributed by atoms with Gasteiger partial charge in [0.2, 0.25) is 0 Å². The van der Waals surface area contributed by atoms with Gasteiger partial charge in [-0.2, -0.15) is 0 Å². The predicted molar refractivity (Wildman–Crippen MR) is 83.2 cm³/mol. The Kier molecular flexibility index (Phi) is 4.45. The second-order valence-corrected chi connectivity index (χ2v) is 6.15. The van der Waals surface area contributed by atoms with Gasteiger partial charge in [0, 0.05) is 6.20 Å². The van der Waals surface area contributed by atoms with Crippen LogP contribution in [0, 0.1) is 6.92 Å². The van der Waals surface area contributed by atoms with E-state index in [-0.39, 0.29) is 17.6 Å². The highest BCUT2D eigenvalue weighted by atomic mass is 16.5. The molecule has 0 amide bonds. The summed E-state index contributed by atoms with van der Waals surface area (Å²) in [5.74, 6) is 0.168. The molecule has 0 atom stereocenters. The number of rotatable bonds is 4. The van der Waals surface area contributed by atoms with Crippen molar-refractivity contribution in [3.05, 3.63) is 53.1 Å². The van der Waals surface area contributed by atoms with Crippen LogP contribution in [-0.2, 0) is 12.0 Å². The molecule has 1 N–H and O–H groups in total. The highest BCUT2D eigenvalue weighted by Crippen LogP contribution is 2.24. The Labute approximate surface area is 130 Å². The van der Waals surface area contributed by atoms with E-state index in [2.05, 4.69) is 30.7 Å². The topological polar surface area (TPSA) is 72.3 Å². The number of nitrogens with zero attached hydrogens (tertiary/aromatic N) is 2. The molecule has 1 aromatic heterocycles. The SMILES string of the molecule is Cc1nc(COc2ccc(C(C)(C)C)cc2)ncc1C(=O)O. The maximum atomic E-state index is 10.9. The van der Waals surface area contributed by atoms with E-state index >= 15 is 0 Å². The third-order valence-corrected chi connectivity index (χ3v) is 3.35. The summed E-state index contributed by atoms with van der Waals surface area (Å²) < 4.78 is 5.64. The van der Waals surface area contributed by atoms with Crippen molar-refractivity contribution in [2.45, 2.75) is 39.7 Å². The van der Waals surface area contributed by atoms with Gasteiger partial charge in [-0.3, -0.25) is 0 Å². The van der Waals surface area contributed by atoms with Gasteiger partial charge in [-0.05, 0) is 30.0 Å². The fourth-order valence-electron chi connectivity index (χ4n) is 1.99. The third kappa shape index (κ3) is 3.81. The minimum atomic E-state index is -1.03. The molecule has 1 heterocycles. The molecular formula is C17H20N2O3. The largest absolute Gasteiger partial charge is 0.486 e. The Morgan fingerprint density at radius 3 is 2.36 bits per heavy atom. The summed E-state index contributed by atoms with van der Waals surface area (Å²) in [6.07, 6.45) is 1.31. The number of carbonyl (C=O) groups is 1. The lowest BCUT2D eigenvalue weighted by Crippen LogP contribution is -2.11. The van der Waals surface area contributed by atoms with Gasteiger partial charge in [-0.1, -0.05) is 32.9 Å². The van der Waals surface area contributed by atoms with Crippen LogP contribution < -0.4 is 4.74 Å². The predicted octanol–water partition coefficient (Wildman–Crippen LogP) is 3.36. The molecule has 0 spiro atoms. The van der Waals surface area contributed by atoms with Crippen LogP contribution in [0.1, 0.15) is 48.2 Å². The van der Waals surface area contributed by atoms with E-state index in [1.807, 2.05) is 24.3 Å². The van der Waals surface area contributed by atoms with E-state index in [4.69, 9.17) is 9.84 Å². The number of hydrogen-bond donors (Lipinski definition) is 1. The van der Waals surface area contributed by atoms with Crippen LogP contribution in [0.5, 0.6) is 5.75 Å². The van der Waals surface area contributed by atoms with Gasteiger partial charge in [-0.15, -0.1) is 0 Å². The first kappa shape index (κ1) is 15.9. The van der Waals surface area contributed by atoms with Crippen LogP contribution >= 0.6 is 0 Å². The Balaban J connectivity index is 2.04. The smallest absolute Gasteiger partial charge is 0.339 e. The van der Waals surface area contributed by atoms with Gasteiger partial charge >= 0.3 is 5.97 Å². The minimum Gasteiger partial charge on any atom is -0.486 e. The molecule has 0 radical (unpaired) electrons. The number of benzene rings is 1. The van der Waals surface area contributed by atoms with Crippen molar-refractivity contribution in [3.8, 4) is 5.75 Å². The summed E-state index contributed by atoms with van der Waals surface area (Å²) in [4.78, 5) is 19.1. The van der Waals surface area contributed by atoms with Crippen molar-refractivity contribution in [2.24, 2.45) is 0 Å². The molecule has 0 aliphatic rings. The zero-order valence-electron chi connectivity index (χ0n) is 13.3. The normalized spacial score (nSPS) is 11.3. The van der Waals surface area contributed by atoms with Crippen molar-refractivity contribution in [2.75, 3.05) is 0 Å². The number of aromatic carboxylic acids is 1. The molecule has 1 aromatic carbocycles. The van der Waals surface area contributed by atoms with Crippen molar-refractivity contribution >= 4 is 5.97 Å². The number of aromatic nitrogens is 2. The summed E-state index contributed by atoms with van der Waals surface area (Å²) in [5, 5.41) is 8.94. The summed E-state index contributed by atoms with van der Waals surface area (Å²) in [6, 6.07) is 7.90. The van der Waals surface area contributed by atoms with Crippen molar-refractivity contribution in [1.29, 1.82) is 0 Å². The lowest BCUT2D eigenvalue weighted by molar-refractivity contribution is 0.0695. The van der Waals surface area contributed by atoms with Crippen molar-refractivity contribution in [1.82, 2.24) is 9.97 Å². The summed E-state index contributed by atoms with van der Waals surface area (Å²) in [7, 11) is 0. The average Bonchev–Trinajstić information content (AvgIpc) is 2.44. The third-order valence-electron chi connectivity index (χ3n) is 3.35. The Morgan fingerprint density at radius 1 is 1.23 bits per heavy atom. The Bertz CT molecular complexity index is 673. The quantitative estimate of drug-likeness (QED) is 0.937. The molecule has 0 bridgehead atoms. The number of carboxylic acids is 1. The molecule has 0 unspecified atom stereocenters. The number of ether oxygens (including phenoxy) is 1. The van der Waals surface area contributed by atoms with Crippen molar-refractivity contribution < 1.29 is 14.6 Å². The van der Waals surface area contributed by atoms with Gasteiger partial charge in [0.1, 0.15) is 12.4 Å². The maximum absolute atomic E-state index is 10.9. The van der Waals surface area contributed by atoms with Crippen LogP contribution in [0.4, 0.5) is 0 Å². The second-order valence-electron chi connectivity index (χ2n) is 6.15. The maximum Gasteiger partial charge on any atom is 0.339 e. The Morgan fingerprint density at radius 2 is 1.86 bits per heavy atom. The molecule has 0 saturated heterocycles. The van der Waals surface area contributed by atoms with Gasteiger partial charge in [0.05, 0.1) is 11.3 Å². The molecule has 2 aromatic rings. The van der Waals surface area contributed by atoms with Gasteiger partial charge < -0.3 is 9.84 Å². The fourth-order valence-corrected chi connectivity index (χ4v) is 1.99. The molecule has 116 valence electrons. The zero-order chi connectivity index (χ0) is 16.3. The van der Waals surface area contributed by atoms with E-state index in [1.165, 1.54) is 11.8 Å². The van der Waals surface area contributed by atoms with E-state index in [9.17, 15) is 4.79 Å². The van der Waals surface area contributed by atoms with Crippen LogP contribution in [0.15, 0.2) is 30.5 Å². The average molecular weight is 300 g/mol. The zero-order valence-corrected chi connectivity index (χ0v) is 13.3. The number of aryl methyl sites for hydroxylation is 1. The molecule has 0 saturated carbocycles. The van der Waals surface area contributed by atoms with Crippen LogP contribution in [0.3, 0.4) is 0 Å². The Hall–Kier alpha value is -2.43. The molecule has 0 fully saturated rings. The first-order chi connectivity index (χ1) is 10.3.